The van der Waals surface area contributed by atoms with E-state index in [0.717, 1.165) is 57.9 Å². The minimum atomic E-state index is -0.465. The Morgan fingerprint density at radius 2 is 1.82 bits per heavy atom. The van der Waals surface area contributed by atoms with E-state index in [0.29, 0.717) is 29.1 Å². The van der Waals surface area contributed by atoms with Crippen molar-refractivity contribution >= 4 is 56.3 Å². The molecule has 0 radical (unpaired) electrons. The molecule has 2 amide bonds. The van der Waals surface area contributed by atoms with Gasteiger partial charge in [0.05, 0.1) is 16.3 Å². The van der Waals surface area contributed by atoms with Crippen LogP contribution >= 0.6 is 27.3 Å². The normalized spacial score (nSPS) is 14.5. The van der Waals surface area contributed by atoms with E-state index in [9.17, 15) is 14.0 Å². The molecule has 2 aromatic heterocycles. The van der Waals surface area contributed by atoms with Crippen molar-refractivity contribution in [1.82, 2.24) is 4.98 Å². The number of halogens is 2. The molecule has 1 fully saturated rings. The summed E-state index contributed by atoms with van der Waals surface area (Å²) in [5, 5.41) is 2.74. The minimum Gasteiger partial charge on any atom is -0.357 e. The van der Waals surface area contributed by atoms with Crippen LogP contribution in [0.4, 0.5) is 21.6 Å². The number of carbonyl (C=O) groups excluding carboxylic acids is 2. The average molecular weight is 606 g/mol. The van der Waals surface area contributed by atoms with Gasteiger partial charge in [-0.2, -0.15) is 0 Å². The SMILES string of the molecule is Cc1cccc(F)c1NC(=O)c1cc2c(s1)-c1ccc(Br)cc1N(C(=O)c1cccc(N3CCCC3)n1)CC2. The Bertz CT molecular complexity index is 1580. The fourth-order valence-electron chi connectivity index (χ4n) is 5.21. The van der Waals surface area contributed by atoms with Gasteiger partial charge >= 0.3 is 0 Å². The first kappa shape index (κ1) is 25.7. The highest BCUT2D eigenvalue weighted by atomic mass is 79.9. The number of anilines is 3. The molecule has 39 heavy (non-hydrogen) atoms. The maximum absolute atomic E-state index is 14.4. The summed E-state index contributed by atoms with van der Waals surface area (Å²) in [6.07, 6.45) is 2.84. The number of nitrogens with zero attached hydrogens (tertiary/aromatic N) is 3. The highest BCUT2D eigenvalue weighted by Crippen LogP contribution is 2.43. The molecule has 2 aromatic carbocycles. The van der Waals surface area contributed by atoms with Crippen LogP contribution in [0.3, 0.4) is 0 Å². The van der Waals surface area contributed by atoms with Gasteiger partial charge in [-0.1, -0.05) is 40.2 Å². The predicted octanol–water partition coefficient (Wildman–Crippen LogP) is 7.08. The first-order valence-electron chi connectivity index (χ1n) is 12.9. The largest absolute Gasteiger partial charge is 0.357 e. The molecule has 4 heterocycles. The van der Waals surface area contributed by atoms with Crippen molar-refractivity contribution in [2.24, 2.45) is 0 Å². The quantitative estimate of drug-likeness (QED) is 0.270. The maximum atomic E-state index is 14.4. The first-order valence-corrected chi connectivity index (χ1v) is 14.5. The zero-order valence-corrected chi connectivity index (χ0v) is 23.7. The van der Waals surface area contributed by atoms with E-state index in [1.165, 1.54) is 17.4 Å². The number of amides is 2. The number of benzene rings is 2. The molecule has 0 aliphatic carbocycles. The summed E-state index contributed by atoms with van der Waals surface area (Å²) < 4.78 is 15.2. The second-order valence-corrected chi connectivity index (χ2v) is 11.8. The van der Waals surface area contributed by atoms with Crippen LogP contribution in [-0.4, -0.2) is 36.4 Å². The number of para-hydroxylation sites is 1. The van der Waals surface area contributed by atoms with Gasteiger partial charge in [-0.25, -0.2) is 9.37 Å². The summed E-state index contributed by atoms with van der Waals surface area (Å²) in [5.41, 5.74) is 3.88. The van der Waals surface area contributed by atoms with Gasteiger partial charge in [-0.05, 0) is 73.7 Å². The summed E-state index contributed by atoms with van der Waals surface area (Å²) in [5.74, 6) is -0.134. The minimum absolute atomic E-state index is 0.154. The molecule has 6 nitrogen and oxygen atoms in total. The molecule has 1 saturated heterocycles. The number of aryl methyl sites for hydroxylation is 1. The first-order chi connectivity index (χ1) is 18.9. The Hall–Kier alpha value is -3.56. The molecule has 198 valence electrons. The van der Waals surface area contributed by atoms with Gasteiger partial charge in [0, 0.05) is 34.5 Å². The topological polar surface area (TPSA) is 65.5 Å². The molecule has 0 bridgehead atoms. The van der Waals surface area contributed by atoms with Crippen molar-refractivity contribution in [1.29, 1.82) is 0 Å². The van der Waals surface area contributed by atoms with E-state index >= 15 is 0 Å². The van der Waals surface area contributed by atoms with E-state index in [-0.39, 0.29) is 17.5 Å². The van der Waals surface area contributed by atoms with Gasteiger partial charge in [-0.15, -0.1) is 11.3 Å². The Morgan fingerprint density at radius 3 is 2.62 bits per heavy atom. The molecule has 0 spiro atoms. The Balaban J connectivity index is 1.33. The maximum Gasteiger partial charge on any atom is 0.276 e. The summed E-state index contributed by atoms with van der Waals surface area (Å²) >= 11 is 4.92. The van der Waals surface area contributed by atoms with Crippen LogP contribution in [0.1, 0.15) is 44.1 Å². The van der Waals surface area contributed by atoms with Crippen molar-refractivity contribution < 1.29 is 14.0 Å². The summed E-state index contributed by atoms with van der Waals surface area (Å²) in [6.45, 7) is 4.11. The van der Waals surface area contributed by atoms with Crippen molar-refractivity contribution in [2.75, 3.05) is 34.8 Å². The third-order valence-electron chi connectivity index (χ3n) is 7.22. The second kappa shape index (κ2) is 10.5. The fraction of sp³-hybridized carbons (Fsp3) is 0.233. The van der Waals surface area contributed by atoms with Crippen LogP contribution in [0.5, 0.6) is 0 Å². The lowest BCUT2D eigenvalue weighted by atomic mass is 10.1. The lowest BCUT2D eigenvalue weighted by molar-refractivity contribution is 0.0981. The molecule has 2 aliphatic heterocycles. The van der Waals surface area contributed by atoms with E-state index < -0.39 is 5.82 Å². The van der Waals surface area contributed by atoms with E-state index in [1.54, 1.807) is 30.0 Å². The van der Waals surface area contributed by atoms with Crippen molar-refractivity contribution in [3.63, 3.8) is 0 Å². The number of fused-ring (bicyclic) bond motifs is 3. The van der Waals surface area contributed by atoms with Crippen molar-refractivity contribution in [3.05, 3.63) is 92.7 Å². The van der Waals surface area contributed by atoms with Gasteiger partial charge in [0.2, 0.25) is 0 Å². The molecular formula is C30H26BrFN4O2S. The highest BCUT2D eigenvalue weighted by molar-refractivity contribution is 9.10. The third-order valence-corrected chi connectivity index (χ3v) is 8.92. The summed E-state index contributed by atoms with van der Waals surface area (Å²) in [6, 6.07) is 18.0. The number of aromatic nitrogens is 1. The van der Waals surface area contributed by atoms with E-state index in [1.807, 2.05) is 36.4 Å². The van der Waals surface area contributed by atoms with Gasteiger partial charge in [0.25, 0.3) is 11.8 Å². The zero-order valence-electron chi connectivity index (χ0n) is 21.3. The fourth-order valence-corrected chi connectivity index (χ4v) is 6.69. The van der Waals surface area contributed by atoms with Crippen LogP contribution in [0.15, 0.2) is 65.1 Å². The molecule has 0 unspecified atom stereocenters. The van der Waals surface area contributed by atoms with Gasteiger partial charge in [-0.3, -0.25) is 9.59 Å². The van der Waals surface area contributed by atoms with Crippen LogP contribution in [0, 0.1) is 12.7 Å². The van der Waals surface area contributed by atoms with Crippen LogP contribution in [-0.2, 0) is 6.42 Å². The lowest BCUT2D eigenvalue weighted by Crippen LogP contribution is -2.33. The number of hydrogen-bond donors (Lipinski definition) is 1. The third kappa shape index (κ3) is 4.96. The second-order valence-electron chi connectivity index (χ2n) is 9.79. The van der Waals surface area contributed by atoms with Crippen molar-refractivity contribution in [3.8, 4) is 10.4 Å². The number of hydrogen-bond acceptors (Lipinski definition) is 5. The Labute approximate surface area is 238 Å². The van der Waals surface area contributed by atoms with Gasteiger partial charge in [0.1, 0.15) is 17.3 Å². The Morgan fingerprint density at radius 1 is 1.03 bits per heavy atom. The zero-order chi connectivity index (χ0) is 27.1. The van der Waals surface area contributed by atoms with Crippen LogP contribution in [0.25, 0.3) is 10.4 Å². The van der Waals surface area contributed by atoms with E-state index in [4.69, 9.17) is 4.98 Å². The van der Waals surface area contributed by atoms with Gasteiger partial charge in [0.15, 0.2) is 0 Å². The molecule has 2 aliphatic rings. The lowest BCUT2D eigenvalue weighted by Gasteiger charge is -2.24. The predicted molar refractivity (Wildman–Crippen MR) is 158 cm³/mol. The smallest absolute Gasteiger partial charge is 0.276 e. The monoisotopic (exact) mass is 604 g/mol. The van der Waals surface area contributed by atoms with Crippen molar-refractivity contribution in [2.45, 2.75) is 26.2 Å². The molecule has 1 N–H and O–H groups in total. The highest BCUT2D eigenvalue weighted by Gasteiger charge is 2.29. The Kier molecular flexibility index (Phi) is 6.95. The summed E-state index contributed by atoms with van der Waals surface area (Å²) in [4.78, 5) is 37.1. The number of thiophene rings is 1. The number of pyridine rings is 1. The van der Waals surface area contributed by atoms with Gasteiger partial charge < -0.3 is 15.1 Å². The summed E-state index contributed by atoms with van der Waals surface area (Å²) in [7, 11) is 0. The molecule has 6 rings (SSSR count). The number of carbonyl (C=O) groups is 2. The molecule has 0 atom stereocenters. The molecule has 4 aromatic rings. The van der Waals surface area contributed by atoms with E-state index in [2.05, 4.69) is 26.1 Å². The molecule has 9 heteroatoms. The molecular weight excluding hydrogens is 579 g/mol. The van der Waals surface area contributed by atoms with Crippen LogP contribution in [0.2, 0.25) is 0 Å². The number of nitrogens with one attached hydrogen (secondary N) is 1. The number of rotatable bonds is 4. The molecule has 0 saturated carbocycles. The standard InChI is InChI=1S/C30H26BrFN4O2S/c1-18-6-4-7-22(32)27(18)34-29(37)25-16-19-12-15-36(24-17-20(31)10-11-21(24)28(19)39-25)30(38)23-8-5-9-26(33-23)35-13-2-3-14-35/h4-11,16-17H,2-3,12-15H2,1H3,(H,34,37). The average Bonchev–Trinajstić information content (AvgIpc) is 3.60. The van der Waals surface area contributed by atoms with Crippen LogP contribution < -0.4 is 15.1 Å².